The normalized spacial score (nSPS) is 30.7. The third-order valence-electron chi connectivity index (χ3n) is 3.28. The van der Waals surface area contributed by atoms with Crippen LogP contribution in [0.2, 0.25) is 0 Å². The molecule has 0 amide bonds. The Bertz CT molecular complexity index is 159. The predicted octanol–water partition coefficient (Wildman–Crippen LogP) is 0.317. The van der Waals surface area contributed by atoms with Gasteiger partial charge in [-0.25, -0.2) is 0 Å². The molecular formula is C10H20N2O. The summed E-state index contributed by atoms with van der Waals surface area (Å²) in [7, 11) is 1.82. The number of hydrogen-bond donors (Lipinski definition) is 1. The van der Waals surface area contributed by atoms with Crippen molar-refractivity contribution in [3.63, 3.8) is 0 Å². The lowest BCUT2D eigenvalue weighted by molar-refractivity contribution is 0.106. The molecule has 0 saturated carbocycles. The van der Waals surface area contributed by atoms with Crippen molar-refractivity contribution in [2.75, 3.05) is 39.8 Å². The van der Waals surface area contributed by atoms with Gasteiger partial charge >= 0.3 is 0 Å². The number of nitrogens with one attached hydrogen (secondary N) is 1. The standard InChI is InChI=1S/C10H20N2O/c1-13-10-3-5-12(8-10)4-2-9-6-11-7-9/h9-11H,2-8H2,1H3. The van der Waals surface area contributed by atoms with E-state index < -0.39 is 0 Å². The number of ether oxygens (including phenoxy) is 1. The zero-order chi connectivity index (χ0) is 9.10. The first kappa shape index (κ1) is 9.44. The average molecular weight is 184 g/mol. The van der Waals surface area contributed by atoms with E-state index in [1.807, 2.05) is 7.11 Å². The van der Waals surface area contributed by atoms with Crippen LogP contribution in [-0.4, -0.2) is 50.8 Å². The molecule has 3 heteroatoms. The van der Waals surface area contributed by atoms with Crippen LogP contribution in [0.3, 0.4) is 0 Å². The van der Waals surface area contributed by atoms with Crippen LogP contribution in [-0.2, 0) is 4.74 Å². The van der Waals surface area contributed by atoms with Gasteiger partial charge in [-0.15, -0.1) is 0 Å². The van der Waals surface area contributed by atoms with Crippen molar-refractivity contribution in [3.05, 3.63) is 0 Å². The summed E-state index contributed by atoms with van der Waals surface area (Å²) in [6.07, 6.45) is 3.09. The Labute approximate surface area is 80.4 Å². The Morgan fingerprint density at radius 3 is 2.85 bits per heavy atom. The molecule has 0 bridgehead atoms. The van der Waals surface area contributed by atoms with Crippen LogP contribution in [0, 0.1) is 5.92 Å². The summed E-state index contributed by atoms with van der Waals surface area (Å²) in [5.41, 5.74) is 0. The van der Waals surface area contributed by atoms with Gasteiger partial charge in [0.25, 0.3) is 0 Å². The van der Waals surface area contributed by atoms with Crippen molar-refractivity contribution in [3.8, 4) is 0 Å². The fraction of sp³-hybridized carbons (Fsp3) is 1.00. The minimum Gasteiger partial charge on any atom is -0.380 e. The SMILES string of the molecule is COC1CCN(CCC2CNC2)C1. The Morgan fingerprint density at radius 1 is 1.46 bits per heavy atom. The lowest BCUT2D eigenvalue weighted by atomic mass is 9.99. The summed E-state index contributed by atoms with van der Waals surface area (Å²) < 4.78 is 5.33. The highest BCUT2D eigenvalue weighted by Crippen LogP contribution is 2.15. The maximum atomic E-state index is 5.33. The zero-order valence-corrected chi connectivity index (χ0v) is 8.46. The number of rotatable bonds is 4. The maximum absolute atomic E-state index is 5.33. The molecule has 2 heterocycles. The number of methoxy groups -OCH3 is 1. The Hall–Kier alpha value is -0.120. The van der Waals surface area contributed by atoms with Crippen LogP contribution in [0.15, 0.2) is 0 Å². The van der Waals surface area contributed by atoms with E-state index in [0.717, 1.165) is 12.5 Å². The highest BCUT2D eigenvalue weighted by molar-refractivity contribution is 4.79. The van der Waals surface area contributed by atoms with E-state index in [1.54, 1.807) is 0 Å². The van der Waals surface area contributed by atoms with E-state index in [4.69, 9.17) is 4.74 Å². The summed E-state index contributed by atoms with van der Waals surface area (Å²) in [6.45, 7) is 6.13. The molecule has 2 rings (SSSR count). The fourth-order valence-corrected chi connectivity index (χ4v) is 2.11. The van der Waals surface area contributed by atoms with Crippen molar-refractivity contribution in [1.29, 1.82) is 0 Å². The first-order valence-corrected chi connectivity index (χ1v) is 5.34. The van der Waals surface area contributed by atoms with Crippen molar-refractivity contribution < 1.29 is 4.74 Å². The van der Waals surface area contributed by atoms with E-state index in [9.17, 15) is 0 Å². The molecule has 1 unspecified atom stereocenters. The first-order valence-electron chi connectivity index (χ1n) is 5.34. The van der Waals surface area contributed by atoms with Gasteiger partial charge in [-0.2, -0.15) is 0 Å². The fourth-order valence-electron chi connectivity index (χ4n) is 2.11. The second kappa shape index (κ2) is 4.40. The van der Waals surface area contributed by atoms with Gasteiger partial charge in [0.1, 0.15) is 0 Å². The largest absolute Gasteiger partial charge is 0.380 e. The molecule has 0 aliphatic carbocycles. The molecule has 0 spiro atoms. The summed E-state index contributed by atoms with van der Waals surface area (Å²) >= 11 is 0. The van der Waals surface area contributed by atoms with Crippen LogP contribution >= 0.6 is 0 Å². The molecule has 0 radical (unpaired) electrons. The van der Waals surface area contributed by atoms with E-state index >= 15 is 0 Å². The maximum Gasteiger partial charge on any atom is 0.0710 e. The molecule has 2 fully saturated rings. The quantitative estimate of drug-likeness (QED) is 0.681. The second-order valence-corrected chi connectivity index (χ2v) is 4.26. The van der Waals surface area contributed by atoms with E-state index in [0.29, 0.717) is 6.10 Å². The molecular weight excluding hydrogens is 164 g/mol. The van der Waals surface area contributed by atoms with Gasteiger partial charge in [0.05, 0.1) is 6.10 Å². The Balaban J connectivity index is 1.59. The van der Waals surface area contributed by atoms with Crippen LogP contribution in [0.25, 0.3) is 0 Å². The van der Waals surface area contributed by atoms with Gasteiger partial charge in [-0.05, 0) is 38.4 Å². The number of hydrogen-bond acceptors (Lipinski definition) is 3. The van der Waals surface area contributed by atoms with Crippen molar-refractivity contribution in [1.82, 2.24) is 10.2 Å². The summed E-state index contributed by atoms with van der Waals surface area (Å²) in [5.74, 6) is 0.946. The minimum absolute atomic E-state index is 0.500. The zero-order valence-electron chi connectivity index (χ0n) is 8.46. The third kappa shape index (κ3) is 2.42. The van der Waals surface area contributed by atoms with E-state index in [-0.39, 0.29) is 0 Å². The van der Waals surface area contributed by atoms with Gasteiger partial charge in [0.2, 0.25) is 0 Å². The molecule has 0 aromatic heterocycles. The number of likely N-dealkylation sites (tertiary alicyclic amines) is 1. The highest BCUT2D eigenvalue weighted by atomic mass is 16.5. The molecule has 2 saturated heterocycles. The van der Waals surface area contributed by atoms with Crippen LogP contribution < -0.4 is 5.32 Å². The molecule has 2 aliphatic rings. The topological polar surface area (TPSA) is 24.5 Å². The average Bonchev–Trinajstić information content (AvgIpc) is 2.49. The van der Waals surface area contributed by atoms with E-state index in [1.165, 1.54) is 39.0 Å². The van der Waals surface area contributed by atoms with Crippen LogP contribution in [0.1, 0.15) is 12.8 Å². The van der Waals surface area contributed by atoms with Gasteiger partial charge in [-0.3, -0.25) is 0 Å². The van der Waals surface area contributed by atoms with E-state index in [2.05, 4.69) is 10.2 Å². The summed E-state index contributed by atoms with van der Waals surface area (Å²) in [6, 6.07) is 0. The van der Waals surface area contributed by atoms with Crippen LogP contribution in [0.4, 0.5) is 0 Å². The molecule has 1 N–H and O–H groups in total. The smallest absolute Gasteiger partial charge is 0.0710 e. The second-order valence-electron chi connectivity index (χ2n) is 4.26. The van der Waals surface area contributed by atoms with Gasteiger partial charge in [0.15, 0.2) is 0 Å². The molecule has 3 nitrogen and oxygen atoms in total. The Morgan fingerprint density at radius 2 is 2.31 bits per heavy atom. The monoisotopic (exact) mass is 184 g/mol. The minimum atomic E-state index is 0.500. The number of nitrogens with zero attached hydrogens (tertiary/aromatic N) is 1. The molecule has 76 valence electrons. The first-order chi connectivity index (χ1) is 6.38. The third-order valence-corrected chi connectivity index (χ3v) is 3.28. The molecule has 0 aromatic rings. The highest BCUT2D eigenvalue weighted by Gasteiger charge is 2.23. The summed E-state index contributed by atoms with van der Waals surface area (Å²) in [4.78, 5) is 2.53. The van der Waals surface area contributed by atoms with Gasteiger partial charge in [-0.1, -0.05) is 0 Å². The molecule has 0 aromatic carbocycles. The van der Waals surface area contributed by atoms with Gasteiger partial charge < -0.3 is 15.0 Å². The lowest BCUT2D eigenvalue weighted by Gasteiger charge is -2.28. The molecule has 13 heavy (non-hydrogen) atoms. The van der Waals surface area contributed by atoms with Crippen molar-refractivity contribution >= 4 is 0 Å². The van der Waals surface area contributed by atoms with Crippen molar-refractivity contribution in [2.45, 2.75) is 18.9 Å². The summed E-state index contributed by atoms with van der Waals surface area (Å²) in [5, 5.41) is 3.31. The molecule has 1 atom stereocenters. The van der Waals surface area contributed by atoms with Crippen LogP contribution in [0.5, 0.6) is 0 Å². The van der Waals surface area contributed by atoms with Gasteiger partial charge in [0, 0.05) is 20.2 Å². The molecule has 2 aliphatic heterocycles. The predicted molar refractivity (Wildman–Crippen MR) is 52.8 cm³/mol. The lowest BCUT2D eigenvalue weighted by Crippen LogP contribution is -2.43. The Kier molecular flexibility index (Phi) is 3.19. The van der Waals surface area contributed by atoms with Crippen molar-refractivity contribution in [2.24, 2.45) is 5.92 Å².